The SMILES string of the molecule is Cc1nc(C2CCCNCC2)c2[nH]c(-c3ccccc3)cc2n1. The fraction of sp³-hybridized carbons (Fsp3) is 0.368. The molecule has 1 saturated heterocycles. The lowest BCUT2D eigenvalue weighted by molar-refractivity contribution is 0.594. The van der Waals surface area contributed by atoms with Crippen LogP contribution in [0.15, 0.2) is 36.4 Å². The van der Waals surface area contributed by atoms with E-state index in [1.165, 1.54) is 24.1 Å². The van der Waals surface area contributed by atoms with Crippen LogP contribution in [0.3, 0.4) is 0 Å². The van der Waals surface area contributed by atoms with Crippen molar-refractivity contribution in [3.63, 3.8) is 0 Å². The topological polar surface area (TPSA) is 53.6 Å². The summed E-state index contributed by atoms with van der Waals surface area (Å²) in [4.78, 5) is 13.0. The molecule has 2 N–H and O–H groups in total. The molecule has 2 aromatic heterocycles. The number of H-pyrrole nitrogens is 1. The van der Waals surface area contributed by atoms with E-state index in [1.807, 2.05) is 13.0 Å². The summed E-state index contributed by atoms with van der Waals surface area (Å²) in [5.74, 6) is 1.37. The summed E-state index contributed by atoms with van der Waals surface area (Å²) < 4.78 is 0. The van der Waals surface area contributed by atoms with Crippen LogP contribution in [0, 0.1) is 6.92 Å². The molecule has 3 aromatic rings. The molecule has 0 aliphatic carbocycles. The third kappa shape index (κ3) is 2.86. The minimum absolute atomic E-state index is 0.511. The highest BCUT2D eigenvalue weighted by Crippen LogP contribution is 2.32. The van der Waals surface area contributed by atoms with Crippen LogP contribution < -0.4 is 5.32 Å². The van der Waals surface area contributed by atoms with Gasteiger partial charge in [-0.25, -0.2) is 9.97 Å². The third-order valence-electron chi connectivity index (χ3n) is 4.66. The molecule has 1 fully saturated rings. The van der Waals surface area contributed by atoms with Crippen LogP contribution >= 0.6 is 0 Å². The molecule has 23 heavy (non-hydrogen) atoms. The number of aromatic nitrogens is 3. The van der Waals surface area contributed by atoms with E-state index in [4.69, 9.17) is 4.98 Å². The number of aromatic amines is 1. The summed E-state index contributed by atoms with van der Waals surface area (Å²) in [6, 6.07) is 12.6. The molecule has 4 rings (SSSR count). The van der Waals surface area contributed by atoms with Crippen molar-refractivity contribution >= 4 is 11.0 Å². The molecule has 1 aromatic carbocycles. The Kier molecular flexibility index (Phi) is 3.83. The van der Waals surface area contributed by atoms with Gasteiger partial charge < -0.3 is 10.3 Å². The van der Waals surface area contributed by atoms with Gasteiger partial charge in [0.1, 0.15) is 5.82 Å². The van der Waals surface area contributed by atoms with Crippen LogP contribution in [0.4, 0.5) is 0 Å². The van der Waals surface area contributed by atoms with Crippen molar-refractivity contribution in [2.75, 3.05) is 13.1 Å². The minimum atomic E-state index is 0.511. The number of rotatable bonds is 2. The van der Waals surface area contributed by atoms with Gasteiger partial charge in [-0.2, -0.15) is 0 Å². The van der Waals surface area contributed by atoms with E-state index in [0.717, 1.165) is 42.1 Å². The number of hydrogen-bond acceptors (Lipinski definition) is 3. The van der Waals surface area contributed by atoms with Gasteiger partial charge in [-0.3, -0.25) is 0 Å². The molecule has 0 radical (unpaired) electrons. The van der Waals surface area contributed by atoms with Gasteiger partial charge in [0.15, 0.2) is 0 Å². The zero-order valence-corrected chi connectivity index (χ0v) is 13.5. The molecule has 1 atom stereocenters. The van der Waals surface area contributed by atoms with Crippen LogP contribution in [0.2, 0.25) is 0 Å². The molecule has 0 amide bonds. The predicted octanol–water partition coefficient (Wildman–Crippen LogP) is 3.79. The molecule has 3 heterocycles. The first-order valence-electron chi connectivity index (χ1n) is 8.44. The number of fused-ring (bicyclic) bond motifs is 1. The number of nitrogens with zero attached hydrogens (tertiary/aromatic N) is 2. The Morgan fingerprint density at radius 3 is 2.78 bits per heavy atom. The summed E-state index contributed by atoms with van der Waals surface area (Å²) >= 11 is 0. The van der Waals surface area contributed by atoms with Crippen LogP contribution in [0.25, 0.3) is 22.3 Å². The molecule has 118 valence electrons. The second kappa shape index (κ2) is 6.13. The molecule has 0 saturated carbocycles. The van der Waals surface area contributed by atoms with E-state index in [0.29, 0.717) is 5.92 Å². The fourth-order valence-electron chi connectivity index (χ4n) is 3.52. The van der Waals surface area contributed by atoms with Crippen molar-refractivity contribution in [2.24, 2.45) is 0 Å². The number of nitrogens with one attached hydrogen (secondary N) is 2. The first kappa shape index (κ1) is 14.4. The Morgan fingerprint density at radius 2 is 1.91 bits per heavy atom. The van der Waals surface area contributed by atoms with Crippen molar-refractivity contribution in [2.45, 2.75) is 32.1 Å². The van der Waals surface area contributed by atoms with Crippen molar-refractivity contribution in [3.05, 3.63) is 47.9 Å². The number of benzene rings is 1. The smallest absolute Gasteiger partial charge is 0.126 e. The van der Waals surface area contributed by atoms with Crippen LogP contribution in [0.5, 0.6) is 0 Å². The van der Waals surface area contributed by atoms with E-state index < -0.39 is 0 Å². The Hall–Kier alpha value is -2.20. The molecule has 1 aliphatic heterocycles. The van der Waals surface area contributed by atoms with Crippen molar-refractivity contribution in [1.29, 1.82) is 0 Å². The summed E-state index contributed by atoms with van der Waals surface area (Å²) in [5, 5.41) is 3.49. The van der Waals surface area contributed by atoms with Crippen LogP contribution in [0.1, 0.15) is 36.7 Å². The Labute approximate surface area is 136 Å². The van der Waals surface area contributed by atoms with E-state index in [-0.39, 0.29) is 0 Å². The highest BCUT2D eigenvalue weighted by Gasteiger charge is 2.20. The molecular formula is C19H22N4. The zero-order valence-electron chi connectivity index (χ0n) is 13.5. The quantitative estimate of drug-likeness (QED) is 0.757. The lowest BCUT2D eigenvalue weighted by Crippen LogP contribution is -2.14. The highest BCUT2D eigenvalue weighted by atomic mass is 14.9. The first-order chi connectivity index (χ1) is 11.3. The maximum Gasteiger partial charge on any atom is 0.126 e. The summed E-state index contributed by atoms with van der Waals surface area (Å²) in [7, 11) is 0. The van der Waals surface area contributed by atoms with Gasteiger partial charge in [0, 0.05) is 11.6 Å². The first-order valence-corrected chi connectivity index (χ1v) is 8.44. The summed E-state index contributed by atoms with van der Waals surface area (Å²) in [6.45, 7) is 4.18. The van der Waals surface area contributed by atoms with Gasteiger partial charge in [0.05, 0.1) is 16.7 Å². The largest absolute Gasteiger partial charge is 0.352 e. The monoisotopic (exact) mass is 306 g/mol. The average Bonchev–Trinajstić information content (AvgIpc) is 2.81. The Balaban J connectivity index is 1.82. The van der Waals surface area contributed by atoms with E-state index in [9.17, 15) is 0 Å². The molecule has 0 bridgehead atoms. The Bertz CT molecular complexity index is 799. The van der Waals surface area contributed by atoms with Gasteiger partial charge in [0.2, 0.25) is 0 Å². The van der Waals surface area contributed by atoms with E-state index >= 15 is 0 Å². The van der Waals surface area contributed by atoms with E-state index in [2.05, 4.69) is 45.6 Å². The molecule has 0 spiro atoms. The third-order valence-corrected chi connectivity index (χ3v) is 4.66. The highest BCUT2D eigenvalue weighted by molar-refractivity contribution is 5.84. The maximum atomic E-state index is 4.80. The second-order valence-corrected chi connectivity index (χ2v) is 6.34. The lowest BCUT2D eigenvalue weighted by Gasteiger charge is -2.14. The van der Waals surface area contributed by atoms with Gasteiger partial charge in [-0.1, -0.05) is 30.3 Å². The molecular weight excluding hydrogens is 284 g/mol. The van der Waals surface area contributed by atoms with Crippen LogP contribution in [-0.4, -0.2) is 28.0 Å². The number of aryl methyl sites for hydroxylation is 1. The van der Waals surface area contributed by atoms with Crippen molar-refractivity contribution in [3.8, 4) is 11.3 Å². The lowest BCUT2D eigenvalue weighted by atomic mass is 9.96. The second-order valence-electron chi connectivity index (χ2n) is 6.34. The van der Waals surface area contributed by atoms with Crippen molar-refractivity contribution < 1.29 is 0 Å². The molecule has 1 unspecified atom stereocenters. The van der Waals surface area contributed by atoms with Gasteiger partial charge in [0.25, 0.3) is 0 Å². The Morgan fingerprint density at radius 1 is 1.04 bits per heavy atom. The van der Waals surface area contributed by atoms with E-state index in [1.54, 1.807) is 0 Å². The summed E-state index contributed by atoms with van der Waals surface area (Å²) in [5.41, 5.74) is 5.65. The van der Waals surface area contributed by atoms with Crippen LogP contribution in [-0.2, 0) is 0 Å². The van der Waals surface area contributed by atoms with Gasteiger partial charge in [-0.05, 0) is 50.9 Å². The van der Waals surface area contributed by atoms with Gasteiger partial charge in [-0.15, -0.1) is 0 Å². The fourth-order valence-corrected chi connectivity index (χ4v) is 3.52. The van der Waals surface area contributed by atoms with Gasteiger partial charge >= 0.3 is 0 Å². The molecule has 1 aliphatic rings. The molecule has 4 heteroatoms. The standard InChI is InChI=1S/C19H22N4/c1-13-21-17-12-16(14-6-3-2-4-7-14)23-19(17)18(22-13)15-8-5-10-20-11-9-15/h2-4,6-7,12,15,20,23H,5,8-11H2,1H3. The summed E-state index contributed by atoms with van der Waals surface area (Å²) in [6.07, 6.45) is 3.55. The minimum Gasteiger partial charge on any atom is -0.352 e. The maximum absolute atomic E-state index is 4.80. The number of hydrogen-bond donors (Lipinski definition) is 2. The average molecular weight is 306 g/mol. The molecule has 4 nitrogen and oxygen atoms in total. The normalized spacial score (nSPS) is 18.9. The zero-order chi connectivity index (χ0) is 15.6. The van der Waals surface area contributed by atoms with Crippen molar-refractivity contribution in [1.82, 2.24) is 20.3 Å². The predicted molar refractivity (Wildman–Crippen MR) is 93.5 cm³/mol.